The molecule has 0 heterocycles. The number of ketones is 1. The lowest BCUT2D eigenvalue weighted by Crippen LogP contribution is -2.26. The minimum absolute atomic E-state index is 0.207. The molecule has 0 radical (unpaired) electrons. The summed E-state index contributed by atoms with van der Waals surface area (Å²) < 4.78 is 10.9. The van der Waals surface area contributed by atoms with Gasteiger partial charge in [-0.25, -0.2) is 0 Å². The highest BCUT2D eigenvalue weighted by atomic mass is 32.2. The van der Waals surface area contributed by atoms with Gasteiger partial charge in [-0.15, -0.1) is 0 Å². The van der Waals surface area contributed by atoms with Crippen LogP contribution in [-0.2, 0) is 15.6 Å². The van der Waals surface area contributed by atoms with Crippen molar-refractivity contribution in [1.29, 1.82) is 0 Å². The first-order valence-corrected chi connectivity index (χ1v) is 6.60. The number of hydrogen-bond donors (Lipinski definition) is 1. The monoisotopic (exact) mass is 215 g/mol. The van der Waals surface area contributed by atoms with Crippen LogP contribution in [0.5, 0.6) is 0 Å². The molecule has 14 heavy (non-hydrogen) atoms. The van der Waals surface area contributed by atoms with Crippen LogP contribution in [0.4, 0.5) is 0 Å². The Hall–Kier alpha value is -0.640. The van der Waals surface area contributed by atoms with Crippen molar-refractivity contribution in [2.75, 3.05) is 12.0 Å². The van der Waals surface area contributed by atoms with Crippen molar-refractivity contribution in [1.82, 2.24) is 5.32 Å². The molecule has 0 saturated heterocycles. The van der Waals surface area contributed by atoms with Gasteiger partial charge in [0.2, 0.25) is 0 Å². The summed E-state index contributed by atoms with van der Waals surface area (Å²) in [5.74, 6) is 0.925. The Morgan fingerprint density at radius 1 is 1.57 bits per heavy atom. The number of nitrogens with one attached hydrogen (secondary N) is 1. The van der Waals surface area contributed by atoms with Crippen LogP contribution in [0, 0.1) is 0 Å². The molecular formula is C10H17NO2S. The highest BCUT2D eigenvalue weighted by Gasteiger charge is 2.13. The van der Waals surface area contributed by atoms with E-state index in [0.29, 0.717) is 12.5 Å². The van der Waals surface area contributed by atoms with Gasteiger partial charge in [-0.1, -0.05) is 0 Å². The van der Waals surface area contributed by atoms with Gasteiger partial charge < -0.3 is 5.32 Å². The standard InChI is InChI=1S/C10H17NO2S/c1-8(5-6-14(2)13)11-9-3-4-10(12)7-9/h7-8,11H,3-6H2,1-2H3. The third kappa shape index (κ3) is 4.05. The molecular weight excluding hydrogens is 198 g/mol. The first-order chi connectivity index (χ1) is 6.58. The average Bonchev–Trinajstić information content (AvgIpc) is 2.48. The van der Waals surface area contributed by atoms with Gasteiger partial charge in [-0.2, -0.15) is 0 Å². The fourth-order valence-corrected chi connectivity index (χ4v) is 2.13. The summed E-state index contributed by atoms with van der Waals surface area (Å²) in [5, 5.41) is 3.27. The molecule has 1 aliphatic rings. The van der Waals surface area contributed by atoms with E-state index in [2.05, 4.69) is 12.2 Å². The predicted octanol–water partition coefficient (Wildman–Crippen LogP) is 0.980. The van der Waals surface area contributed by atoms with Gasteiger partial charge in [0.1, 0.15) is 0 Å². The molecule has 0 spiro atoms. The largest absolute Gasteiger partial charge is 0.386 e. The van der Waals surface area contributed by atoms with Gasteiger partial charge in [0.15, 0.2) is 5.78 Å². The normalized spacial score (nSPS) is 20.4. The molecule has 2 unspecified atom stereocenters. The van der Waals surface area contributed by atoms with Crippen LogP contribution < -0.4 is 5.32 Å². The lowest BCUT2D eigenvalue weighted by molar-refractivity contribution is -0.114. The average molecular weight is 215 g/mol. The smallest absolute Gasteiger partial charge is 0.157 e. The lowest BCUT2D eigenvalue weighted by Gasteiger charge is -2.14. The van der Waals surface area contributed by atoms with Crippen molar-refractivity contribution in [2.24, 2.45) is 0 Å². The highest BCUT2D eigenvalue weighted by Crippen LogP contribution is 2.13. The fourth-order valence-electron chi connectivity index (χ4n) is 1.44. The van der Waals surface area contributed by atoms with Crippen LogP contribution in [-0.4, -0.2) is 28.0 Å². The van der Waals surface area contributed by atoms with E-state index in [1.807, 2.05) is 0 Å². The Kier molecular flexibility index (Phi) is 4.32. The molecule has 0 fully saturated rings. The maximum atomic E-state index is 10.9. The Labute approximate surface area is 87.4 Å². The zero-order valence-electron chi connectivity index (χ0n) is 8.71. The summed E-state index contributed by atoms with van der Waals surface area (Å²) in [6, 6.07) is 0.302. The molecule has 1 rings (SSSR count). The molecule has 3 nitrogen and oxygen atoms in total. The second-order valence-electron chi connectivity index (χ2n) is 3.75. The zero-order chi connectivity index (χ0) is 10.6. The summed E-state index contributed by atoms with van der Waals surface area (Å²) in [6.45, 7) is 2.05. The van der Waals surface area contributed by atoms with Crippen LogP contribution in [0.3, 0.4) is 0 Å². The van der Waals surface area contributed by atoms with E-state index in [1.165, 1.54) is 0 Å². The minimum Gasteiger partial charge on any atom is -0.386 e. The third-order valence-electron chi connectivity index (χ3n) is 2.25. The van der Waals surface area contributed by atoms with Crippen LogP contribution in [0.15, 0.2) is 11.8 Å². The molecule has 0 bridgehead atoms. The first-order valence-electron chi connectivity index (χ1n) is 4.88. The molecule has 1 aliphatic carbocycles. The second-order valence-corrected chi connectivity index (χ2v) is 5.30. The molecule has 0 aliphatic heterocycles. The van der Waals surface area contributed by atoms with Gasteiger partial charge in [-0.3, -0.25) is 9.00 Å². The Morgan fingerprint density at radius 3 is 2.79 bits per heavy atom. The molecule has 80 valence electrons. The quantitative estimate of drug-likeness (QED) is 0.743. The van der Waals surface area contributed by atoms with Crippen LogP contribution in [0.2, 0.25) is 0 Å². The molecule has 1 N–H and O–H groups in total. The van der Waals surface area contributed by atoms with E-state index in [-0.39, 0.29) is 5.78 Å². The predicted molar refractivity (Wildman–Crippen MR) is 58.5 cm³/mol. The van der Waals surface area contributed by atoms with Gasteiger partial charge >= 0.3 is 0 Å². The van der Waals surface area contributed by atoms with Gasteiger partial charge in [-0.05, 0) is 19.8 Å². The lowest BCUT2D eigenvalue weighted by atomic mass is 10.2. The SMILES string of the molecule is CC(CCS(C)=O)NC1=CC(=O)CC1. The van der Waals surface area contributed by atoms with Crippen LogP contribution in [0.1, 0.15) is 26.2 Å². The number of carbonyl (C=O) groups is 1. The van der Waals surface area contributed by atoms with E-state index in [9.17, 15) is 9.00 Å². The fraction of sp³-hybridized carbons (Fsp3) is 0.700. The summed E-state index contributed by atoms with van der Waals surface area (Å²) in [4.78, 5) is 10.9. The molecule has 0 aromatic heterocycles. The number of carbonyl (C=O) groups excluding carboxylic acids is 1. The van der Waals surface area contributed by atoms with Crippen molar-refractivity contribution < 1.29 is 9.00 Å². The number of allylic oxidation sites excluding steroid dienone is 2. The topological polar surface area (TPSA) is 46.2 Å². The van der Waals surface area contributed by atoms with Crippen molar-refractivity contribution >= 4 is 16.6 Å². The number of rotatable bonds is 5. The van der Waals surface area contributed by atoms with E-state index in [4.69, 9.17) is 0 Å². The summed E-state index contributed by atoms with van der Waals surface area (Å²) >= 11 is 0. The molecule has 0 aromatic rings. The van der Waals surface area contributed by atoms with E-state index in [0.717, 1.165) is 24.3 Å². The Bertz CT molecular complexity index is 273. The second kappa shape index (κ2) is 5.29. The van der Waals surface area contributed by atoms with Gasteiger partial charge in [0.05, 0.1) is 0 Å². The maximum Gasteiger partial charge on any atom is 0.157 e. The number of hydrogen-bond acceptors (Lipinski definition) is 3. The van der Waals surface area contributed by atoms with Crippen molar-refractivity contribution in [2.45, 2.75) is 32.2 Å². The van der Waals surface area contributed by atoms with Crippen LogP contribution >= 0.6 is 0 Å². The summed E-state index contributed by atoms with van der Waals surface area (Å²) in [6.07, 6.45) is 5.74. The summed E-state index contributed by atoms with van der Waals surface area (Å²) in [5.41, 5.74) is 1.03. The van der Waals surface area contributed by atoms with Crippen LogP contribution in [0.25, 0.3) is 0 Å². The van der Waals surface area contributed by atoms with Crippen molar-refractivity contribution in [3.8, 4) is 0 Å². The molecule has 2 atom stereocenters. The first kappa shape index (κ1) is 11.4. The highest BCUT2D eigenvalue weighted by molar-refractivity contribution is 7.84. The Balaban J connectivity index is 2.26. The molecule has 4 heteroatoms. The van der Waals surface area contributed by atoms with E-state index in [1.54, 1.807) is 12.3 Å². The summed E-state index contributed by atoms with van der Waals surface area (Å²) in [7, 11) is -0.723. The van der Waals surface area contributed by atoms with Crippen molar-refractivity contribution in [3.05, 3.63) is 11.8 Å². The minimum atomic E-state index is -0.723. The third-order valence-corrected chi connectivity index (χ3v) is 3.06. The van der Waals surface area contributed by atoms with E-state index < -0.39 is 10.8 Å². The Morgan fingerprint density at radius 2 is 2.29 bits per heavy atom. The molecule has 0 aromatic carbocycles. The van der Waals surface area contributed by atoms with Crippen molar-refractivity contribution in [3.63, 3.8) is 0 Å². The molecule has 0 saturated carbocycles. The maximum absolute atomic E-state index is 10.9. The van der Waals surface area contributed by atoms with E-state index >= 15 is 0 Å². The van der Waals surface area contributed by atoms with Gasteiger partial charge in [0, 0.05) is 47.0 Å². The zero-order valence-corrected chi connectivity index (χ0v) is 9.52. The molecule has 0 amide bonds. The van der Waals surface area contributed by atoms with Gasteiger partial charge in [0.25, 0.3) is 0 Å².